The number of methoxy groups -OCH3 is 1. The number of benzene rings is 2. The van der Waals surface area contributed by atoms with Crippen molar-refractivity contribution in [2.75, 3.05) is 20.2 Å². The molecule has 0 bridgehead atoms. The van der Waals surface area contributed by atoms with Gasteiger partial charge < -0.3 is 15.4 Å². The third kappa shape index (κ3) is 5.43. The molecule has 2 N–H and O–H groups in total. The molecule has 0 aliphatic rings. The molecule has 2 amide bonds. The highest BCUT2D eigenvalue weighted by atomic mass is 16.5. The van der Waals surface area contributed by atoms with Crippen molar-refractivity contribution in [1.82, 2.24) is 10.6 Å². The predicted molar refractivity (Wildman–Crippen MR) is 93.0 cm³/mol. The first-order valence-corrected chi connectivity index (χ1v) is 7.92. The van der Waals surface area contributed by atoms with Crippen molar-refractivity contribution >= 4 is 12.0 Å². The van der Waals surface area contributed by atoms with Crippen molar-refractivity contribution in [3.63, 3.8) is 0 Å². The summed E-state index contributed by atoms with van der Waals surface area (Å²) in [6.45, 7) is 0.999. The standard InChI is InChI=1S/C19H22N2O3/c1-24-19(23)21-14-12-16-9-5-6-10-17(16)18(22)20-13-11-15-7-3-2-4-8-15/h2-10H,11-14H2,1H3,(H,20,22)(H,21,23). The third-order valence-corrected chi connectivity index (χ3v) is 3.65. The van der Waals surface area contributed by atoms with Crippen LogP contribution in [0.15, 0.2) is 54.6 Å². The van der Waals surface area contributed by atoms with Gasteiger partial charge in [0.1, 0.15) is 0 Å². The second-order valence-corrected chi connectivity index (χ2v) is 5.32. The lowest BCUT2D eigenvalue weighted by molar-refractivity contribution is 0.0953. The summed E-state index contributed by atoms with van der Waals surface area (Å²) in [4.78, 5) is 23.5. The molecule has 0 aliphatic heterocycles. The van der Waals surface area contributed by atoms with E-state index in [9.17, 15) is 9.59 Å². The third-order valence-electron chi connectivity index (χ3n) is 3.65. The van der Waals surface area contributed by atoms with E-state index in [1.165, 1.54) is 12.7 Å². The molecule has 0 heterocycles. The Labute approximate surface area is 142 Å². The lowest BCUT2D eigenvalue weighted by atomic mass is 10.0. The van der Waals surface area contributed by atoms with Gasteiger partial charge >= 0.3 is 6.09 Å². The van der Waals surface area contributed by atoms with Gasteiger partial charge in [-0.2, -0.15) is 0 Å². The summed E-state index contributed by atoms with van der Waals surface area (Å²) in [5.74, 6) is -0.0976. The molecule has 0 saturated heterocycles. The second kappa shape index (κ2) is 9.35. The average molecular weight is 326 g/mol. The number of amides is 2. The SMILES string of the molecule is COC(=O)NCCc1ccccc1C(=O)NCCc1ccccc1. The number of ether oxygens (including phenoxy) is 1. The summed E-state index contributed by atoms with van der Waals surface area (Å²) in [5.41, 5.74) is 2.72. The molecule has 0 spiro atoms. The number of carbonyl (C=O) groups is 2. The number of alkyl carbamates (subject to hydrolysis) is 1. The van der Waals surface area contributed by atoms with Gasteiger partial charge in [0.25, 0.3) is 5.91 Å². The first-order chi connectivity index (χ1) is 11.7. The van der Waals surface area contributed by atoms with Crippen molar-refractivity contribution in [2.45, 2.75) is 12.8 Å². The van der Waals surface area contributed by atoms with Crippen LogP contribution >= 0.6 is 0 Å². The van der Waals surface area contributed by atoms with Crippen LogP contribution in [-0.4, -0.2) is 32.2 Å². The highest BCUT2D eigenvalue weighted by molar-refractivity contribution is 5.95. The Kier molecular flexibility index (Phi) is 6.83. The molecule has 126 valence electrons. The molecule has 0 aromatic heterocycles. The molecule has 0 fully saturated rings. The van der Waals surface area contributed by atoms with Crippen LogP contribution in [0.3, 0.4) is 0 Å². The zero-order valence-electron chi connectivity index (χ0n) is 13.7. The van der Waals surface area contributed by atoms with Gasteiger partial charge in [-0.25, -0.2) is 4.79 Å². The molecule has 5 nitrogen and oxygen atoms in total. The van der Waals surface area contributed by atoms with Gasteiger partial charge in [-0.05, 0) is 30.0 Å². The van der Waals surface area contributed by atoms with E-state index >= 15 is 0 Å². The van der Waals surface area contributed by atoms with Crippen LogP contribution in [0, 0.1) is 0 Å². The van der Waals surface area contributed by atoms with E-state index in [0.29, 0.717) is 25.1 Å². The minimum Gasteiger partial charge on any atom is -0.453 e. The van der Waals surface area contributed by atoms with E-state index in [4.69, 9.17) is 0 Å². The van der Waals surface area contributed by atoms with E-state index in [0.717, 1.165) is 12.0 Å². The molecule has 0 radical (unpaired) electrons. The topological polar surface area (TPSA) is 67.4 Å². The molecular weight excluding hydrogens is 304 g/mol. The van der Waals surface area contributed by atoms with Crippen molar-refractivity contribution in [1.29, 1.82) is 0 Å². The number of rotatable bonds is 7. The second-order valence-electron chi connectivity index (χ2n) is 5.32. The summed E-state index contributed by atoms with van der Waals surface area (Å²) in [6.07, 6.45) is 0.885. The minimum absolute atomic E-state index is 0.0976. The molecule has 0 atom stereocenters. The Morgan fingerprint density at radius 2 is 1.54 bits per heavy atom. The Morgan fingerprint density at radius 3 is 2.29 bits per heavy atom. The molecule has 2 rings (SSSR count). The fraction of sp³-hybridized carbons (Fsp3) is 0.263. The molecule has 5 heteroatoms. The Bertz CT molecular complexity index is 671. The van der Waals surface area contributed by atoms with Crippen molar-refractivity contribution in [2.24, 2.45) is 0 Å². The van der Waals surface area contributed by atoms with Gasteiger partial charge in [-0.3, -0.25) is 4.79 Å². The average Bonchev–Trinajstić information content (AvgIpc) is 2.62. The number of nitrogens with one attached hydrogen (secondary N) is 2. The maximum absolute atomic E-state index is 12.4. The molecule has 24 heavy (non-hydrogen) atoms. The normalized spacial score (nSPS) is 10.0. The Morgan fingerprint density at radius 1 is 0.875 bits per heavy atom. The quantitative estimate of drug-likeness (QED) is 0.822. The van der Waals surface area contributed by atoms with Gasteiger partial charge in [0.2, 0.25) is 0 Å². The van der Waals surface area contributed by atoms with Gasteiger partial charge in [-0.1, -0.05) is 48.5 Å². The van der Waals surface area contributed by atoms with Crippen LogP contribution in [0.4, 0.5) is 4.79 Å². The van der Waals surface area contributed by atoms with Crippen molar-refractivity contribution in [3.05, 3.63) is 71.3 Å². The minimum atomic E-state index is -0.472. The maximum Gasteiger partial charge on any atom is 0.406 e. The summed E-state index contributed by atoms with van der Waals surface area (Å²) in [6, 6.07) is 17.4. The fourth-order valence-corrected chi connectivity index (χ4v) is 2.39. The van der Waals surface area contributed by atoms with Crippen LogP contribution in [-0.2, 0) is 17.6 Å². The smallest absolute Gasteiger partial charge is 0.406 e. The zero-order chi connectivity index (χ0) is 17.2. The first kappa shape index (κ1) is 17.5. The summed E-state index contributed by atoms with van der Waals surface area (Å²) in [7, 11) is 1.32. The number of hydrogen-bond acceptors (Lipinski definition) is 3. The van der Waals surface area contributed by atoms with Crippen molar-refractivity contribution < 1.29 is 14.3 Å². The monoisotopic (exact) mass is 326 g/mol. The molecule has 2 aromatic carbocycles. The maximum atomic E-state index is 12.4. The lowest BCUT2D eigenvalue weighted by Gasteiger charge is -2.10. The molecule has 0 saturated carbocycles. The highest BCUT2D eigenvalue weighted by Crippen LogP contribution is 2.09. The van der Waals surface area contributed by atoms with Gasteiger partial charge in [0.15, 0.2) is 0 Å². The lowest BCUT2D eigenvalue weighted by Crippen LogP contribution is -2.28. The molecule has 2 aromatic rings. The zero-order valence-corrected chi connectivity index (χ0v) is 13.7. The number of carbonyl (C=O) groups excluding carboxylic acids is 2. The first-order valence-electron chi connectivity index (χ1n) is 7.92. The summed E-state index contributed by atoms with van der Waals surface area (Å²) >= 11 is 0. The van der Waals surface area contributed by atoms with E-state index in [1.807, 2.05) is 48.5 Å². The van der Waals surface area contributed by atoms with Gasteiger partial charge in [0, 0.05) is 18.7 Å². The number of hydrogen-bond donors (Lipinski definition) is 2. The summed E-state index contributed by atoms with van der Waals surface area (Å²) in [5, 5.41) is 5.57. The van der Waals surface area contributed by atoms with E-state index < -0.39 is 6.09 Å². The van der Waals surface area contributed by atoms with Crippen molar-refractivity contribution in [3.8, 4) is 0 Å². The molecular formula is C19H22N2O3. The Hall–Kier alpha value is -2.82. The van der Waals surface area contributed by atoms with Gasteiger partial charge in [-0.15, -0.1) is 0 Å². The van der Waals surface area contributed by atoms with Crippen LogP contribution in [0.2, 0.25) is 0 Å². The van der Waals surface area contributed by atoms with E-state index in [2.05, 4.69) is 15.4 Å². The highest BCUT2D eigenvalue weighted by Gasteiger charge is 2.10. The van der Waals surface area contributed by atoms with E-state index in [1.54, 1.807) is 6.07 Å². The van der Waals surface area contributed by atoms with Gasteiger partial charge in [0.05, 0.1) is 7.11 Å². The van der Waals surface area contributed by atoms with E-state index in [-0.39, 0.29) is 5.91 Å². The largest absolute Gasteiger partial charge is 0.453 e. The van der Waals surface area contributed by atoms with Crippen LogP contribution < -0.4 is 10.6 Å². The van der Waals surface area contributed by atoms with Crippen LogP contribution in [0.1, 0.15) is 21.5 Å². The predicted octanol–water partition coefficient (Wildman–Crippen LogP) is 2.56. The molecule has 0 unspecified atom stereocenters. The Balaban J connectivity index is 1.88. The summed E-state index contributed by atoms with van der Waals surface area (Å²) < 4.78 is 4.53. The van der Waals surface area contributed by atoms with Crippen LogP contribution in [0.5, 0.6) is 0 Å². The molecule has 0 aliphatic carbocycles. The fourth-order valence-electron chi connectivity index (χ4n) is 2.39. The van der Waals surface area contributed by atoms with Crippen LogP contribution in [0.25, 0.3) is 0 Å².